The summed E-state index contributed by atoms with van der Waals surface area (Å²) in [6.07, 6.45) is 1.54. The molecule has 0 spiro atoms. The summed E-state index contributed by atoms with van der Waals surface area (Å²) in [5.41, 5.74) is 0.235. The molecule has 1 heterocycles. The van der Waals surface area contributed by atoms with E-state index in [9.17, 15) is 15.2 Å². The molecular formula is C12H16N4O3. The third-order valence-electron chi connectivity index (χ3n) is 2.77. The van der Waals surface area contributed by atoms with Gasteiger partial charge in [-0.05, 0) is 19.9 Å². The van der Waals surface area contributed by atoms with E-state index in [2.05, 4.69) is 10.2 Å². The van der Waals surface area contributed by atoms with E-state index in [1.807, 2.05) is 0 Å². The number of hydrogen-bond donors (Lipinski definition) is 2. The maximum absolute atomic E-state index is 11.1. The third-order valence-corrected chi connectivity index (χ3v) is 2.77. The van der Waals surface area contributed by atoms with Crippen LogP contribution in [-0.4, -0.2) is 39.4 Å². The van der Waals surface area contributed by atoms with Gasteiger partial charge in [0, 0.05) is 25.0 Å². The molecule has 0 aliphatic carbocycles. The van der Waals surface area contributed by atoms with Crippen molar-refractivity contribution in [2.75, 3.05) is 18.5 Å². The van der Waals surface area contributed by atoms with Gasteiger partial charge in [-0.1, -0.05) is 0 Å². The molecule has 2 N–H and O–H groups in total. The zero-order valence-corrected chi connectivity index (χ0v) is 11.0. The third kappa shape index (κ3) is 2.82. The van der Waals surface area contributed by atoms with E-state index in [1.165, 1.54) is 6.07 Å². The number of benzene rings is 1. The van der Waals surface area contributed by atoms with Crippen LogP contribution in [0.3, 0.4) is 0 Å². The molecule has 0 radical (unpaired) electrons. The number of H-pyrrole nitrogens is 1. The van der Waals surface area contributed by atoms with Crippen LogP contribution in [0.1, 0.15) is 13.8 Å². The molecule has 0 saturated carbocycles. The van der Waals surface area contributed by atoms with Gasteiger partial charge in [-0.25, -0.2) is 0 Å². The fourth-order valence-corrected chi connectivity index (χ4v) is 2.09. The molecular weight excluding hydrogens is 248 g/mol. The van der Waals surface area contributed by atoms with Crippen molar-refractivity contribution < 1.29 is 10.0 Å². The molecule has 0 aliphatic rings. The highest BCUT2D eigenvalue weighted by Crippen LogP contribution is 2.32. The van der Waals surface area contributed by atoms with Crippen molar-refractivity contribution in [3.8, 4) is 0 Å². The number of fused-ring (bicyclic) bond motifs is 1. The molecule has 0 amide bonds. The monoisotopic (exact) mass is 264 g/mol. The summed E-state index contributed by atoms with van der Waals surface area (Å²) >= 11 is 0. The van der Waals surface area contributed by atoms with E-state index in [1.54, 1.807) is 38.1 Å². The van der Waals surface area contributed by atoms with Crippen molar-refractivity contribution in [3.63, 3.8) is 0 Å². The second kappa shape index (κ2) is 4.51. The van der Waals surface area contributed by atoms with E-state index < -0.39 is 10.5 Å². The van der Waals surface area contributed by atoms with Gasteiger partial charge in [0.05, 0.1) is 22.2 Å². The van der Waals surface area contributed by atoms with Gasteiger partial charge in [-0.15, -0.1) is 0 Å². The molecule has 2 aromatic rings. The Morgan fingerprint density at radius 1 is 1.53 bits per heavy atom. The second-order valence-corrected chi connectivity index (χ2v) is 5.22. The Kier molecular flexibility index (Phi) is 3.15. The van der Waals surface area contributed by atoms with Crippen molar-refractivity contribution in [1.82, 2.24) is 10.2 Å². The highest BCUT2D eigenvalue weighted by atomic mass is 16.6. The Balaban J connectivity index is 2.50. The first-order chi connectivity index (χ1) is 8.78. The molecule has 102 valence electrons. The minimum Gasteiger partial charge on any atom is -0.389 e. The first-order valence-corrected chi connectivity index (χ1v) is 5.83. The number of nitro benzene ring substituents is 1. The summed E-state index contributed by atoms with van der Waals surface area (Å²) in [7, 11) is 1.71. The van der Waals surface area contributed by atoms with E-state index in [-0.39, 0.29) is 12.2 Å². The van der Waals surface area contributed by atoms with Crippen LogP contribution in [0.4, 0.5) is 11.4 Å². The van der Waals surface area contributed by atoms with Gasteiger partial charge in [0.1, 0.15) is 5.69 Å². The predicted molar refractivity (Wildman–Crippen MR) is 72.3 cm³/mol. The summed E-state index contributed by atoms with van der Waals surface area (Å²) in [5, 5.41) is 28.3. The summed E-state index contributed by atoms with van der Waals surface area (Å²) in [4.78, 5) is 12.4. The number of hydrogen-bond acceptors (Lipinski definition) is 5. The van der Waals surface area contributed by atoms with Gasteiger partial charge in [-0.3, -0.25) is 15.2 Å². The molecule has 0 bridgehead atoms. The van der Waals surface area contributed by atoms with Crippen molar-refractivity contribution in [2.45, 2.75) is 19.4 Å². The minimum absolute atomic E-state index is 0.000602. The normalized spacial score (nSPS) is 11.8. The van der Waals surface area contributed by atoms with E-state index >= 15 is 0 Å². The first kappa shape index (κ1) is 13.3. The number of rotatable bonds is 4. The molecule has 0 fully saturated rings. The highest BCUT2D eigenvalue weighted by molar-refractivity contribution is 5.87. The topological polar surface area (TPSA) is 95.3 Å². The van der Waals surface area contributed by atoms with Crippen LogP contribution in [0.2, 0.25) is 0 Å². The molecule has 0 atom stereocenters. The Labute approximate surface area is 110 Å². The Morgan fingerprint density at radius 2 is 2.21 bits per heavy atom. The lowest BCUT2D eigenvalue weighted by molar-refractivity contribution is -0.384. The minimum atomic E-state index is -0.939. The molecule has 0 unspecified atom stereocenters. The van der Waals surface area contributed by atoms with Gasteiger partial charge >= 0.3 is 0 Å². The molecule has 1 aromatic heterocycles. The van der Waals surface area contributed by atoms with Crippen molar-refractivity contribution >= 4 is 22.3 Å². The van der Waals surface area contributed by atoms with Crippen LogP contribution < -0.4 is 4.90 Å². The average Bonchev–Trinajstić information content (AvgIpc) is 2.71. The molecule has 7 heteroatoms. The summed E-state index contributed by atoms with van der Waals surface area (Å²) < 4.78 is 0. The fraction of sp³-hybridized carbons (Fsp3) is 0.417. The van der Waals surface area contributed by atoms with E-state index in [0.717, 1.165) is 5.52 Å². The van der Waals surface area contributed by atoms with Crippen LogP contribution in [0.5, 0.6) is 0 Å². The fourth-order valence-electron chi connectivity index (χ4n) is 2.09. The maximum atomic E-state index is 11.1. The van der Waals surface area contributed by atoms with Crippen LogP contribution in [0.15, 0.2) is 18.3 Å². The zero-order chi connectivity index (χ0) is 14.2. The molecule has 0 saturated heterocycles. The van der Waals surface area contributed by atoms with Gasteiger partial charge < -0.3 is 10.0 Å². The maximum Gasteiger partial charge on any atom is 0.293 e. The van der Waals surface area contributed by atoms with Gasteiger partial charge in [-0.2, -0.15) is 5.10 Å². The number of nitrogens with one attached hydrogen (secondary N) is 1. The average molecular weight is 264 g/mol. The van der Waals surface area contributed by atoms with Gasteiger partial charge in [0.25, 0.3) is 5.69 Å². The first-order valence-electron chi connectivity index (χ1n) is 5.83. The van der Waals surface area contributed by atoms with Crippen molar-refractivity contribution in [1.29, 1.82) is 0 Å². The van der Waals surface area contributed by atoms with E-state index in [4.69, 9.17) is 0 Å². The molecule has 19 heavy (non-hydrogen) atoms. The summed E-state index contributed by atoms with van der Waals surface area (Å²) in [6.45, 7) is 3.60. The predicted octanol–water partition coefficient (Wildman–Crippen LogP) is 1.68. The van der Waals surface area contributed by atoms with Gasteiger partial charge in [0.15, 0.2) is 0 Å². The number of nitro groups is 1. The standard InChI is InChI=1S/C12H16N4O3/c1-12(2,17)7-15(3)10-5-9-8(6-13-14-9)4-11(10)16(18)19/h4-6,17H,7H2,1-3H3,(H,13,14). The Hall–Kier alpha value is -2.15. The quantitative estimate of drug-likeness (QED) is 0.647. The second-order valence-electron chi connectivity index (χ2n) is 5.22. The van der Waals surface area contributed by atoms with Crippen molar-refractivity contribution in [2.24, 2.45) is 0 Å². The molecule has 1 aromatic carbocycles. The number of aromatic amines is 1. The summed E-state index contributed by atoms with van der Waals surface area (Å²) in [5.74, 6) is 0. The Morgan fingerprint density at radius 3 is 2.79 bits per heavy atom. The lowest BCUT2D eigenvalue weighted by atomic mass is 10.1. The van der Waals surface area contributed by atoms with E-state index in [0.29, 0.717) is 11.1 Å². The van der Waals surface area contributed by atoms with Crippen LogP contribution in [-0.2, 0) is 0 Å². The number of aromatic nitrogens is 2. The summed E-state index contributed by atoms with van der Waals surface area (Å²) in [6, 6.07) is 3.15. The Bertz CT molecular complexity index is 615. The van der Waals surface area contributed by atoms with Crippen molar-refractivity contribution in [3.05, 3.63) is 28.4 Å². The smallest absolute Gasteiger partial charge is 0.293 e. The molecule has 0 aliphatic heterocycles. The SMILES string of the molecule is CN(CC(C)(C)O)c1cc2[nH]ncc2cc1[N+](=O)[O-]. The number of anilines is 1. The van der Waals surface area contributed by atoms with Gasteiger partial charge in [0.2, 0.25) is 0 Å². The molecule has 7 nitrogen and oxygen atoms in total. The number of nitrogens with zero attached hydrogens (tertiary/aromatic N) is 3. The lowest BCUT2D eigenvalue weighted by Gasteiger charge is -2.26. The van der Waals surface area contributed by atoms with Crippen LogP contribution in [0, 0.1) is 10.1 Å². The number of likely N-dealkylation sites (N-methyl/N-ethyl adjacent to an activating group) is 1. The lowest BCUT2D eigenvalue weighted by Crippen LogP contribution is -2.36. The molecule has 2 rings (SSSR count). The zero-order valence-electron chi connectivity index (χ0n) is 11.0. The van der Waals surface area contributed by atoms with Crippen LogP contribution in [0.25, 0.3) is 10.9 Å². The van der Waals surface area contributed by atoms with Crippen LogP contribution >= 0.6 is 0 Å². The number of aliphatic hydroxyl groups is 1. The largest absolute Gasteiger partial charge is 0.389 e. The highest BCUT2D eigenvalue weighted by Gasteiger charge is 2.23.